The zero-order chi connectivity index (χ0) is 20.5. The number of aromatic nitrogens is 5. The summed E-state index contributed by atoms with van der Waals surface area (Å²) in [5.74, 6) is 0.455. The van der Waals surface area contributed by atoms with Gasteiger partial charge in [0.1, 0.15) is 6.33 Å². The Balaban J connectivity index is 1.56. The average Bonchev–Trinajstić information content (AvgIpc) is 3.24. The van der Waals surface area contributed by atoms with Gasteiger partial charge in [-0.1, -0.05) is 23.7 Å². The summed E-state index contributed by atoms with van der Waals surface area (Å²) in [6.45, 7) is 5.03. The van der Waals surface area contributed by atoms with E-state index in [1.54, 1.807) is 21.2 Å². The Labute approximate surface area is 177 Å². The fraction of sp³-hybridized carbons (Fsp3) is 0.333. The van der Waals surface area contributed by atoms with Gasteiger partial charge in [0.2, 0.25) is 0 Å². The van der Waals surface area contributed by atoms with Gasteiger partial charge in [-0.25, -0.2) is 4.98 Å². The van der Waals surface area contributed by atoms with Crippen LogP contribution in [0.15, 0.2) is 47.7 Å². The Kier molecular flexibility index (Phi) is 5.20. The molecule has 1 aromatic carbocycles. The second-order valence-electron chi connectivity index (χ2n) is 7.32. The van der Waals surface area contributed by atoms with Crippen LogP contribution < -0.4 is 5.56 Å². The molecule has 8 nitrogen and oxygen atoms in total. The van der Waals surface area contributed by atoms with Gasteiger partial charge in [0, 0.05) is 43.0 Å². The van der Waals surface area contributed by atoms with Gasteiger partial charge in [0.05, 0.1) is 29.8 Å². The summed E-state index contributed by atoms with van der Waals surface area (Å²) in [7, 11) is 0. The van der Waals surface area contributed by atoms with E-state index in [9.17, 15) is 4.79 Å². The average molecular weight is 425 g/mol. The highest BCUT2D eigenvalue weighted by Crippen LogP contribution is 2.27. The number of pyridine rings is 1. The van der Waals surface area contributed by atoms with E-state index in [4.69, 9.17) is 16.3 Å². The van der Waals surface area contributed by atoms with E-state index in [2.05, 4.69) is 20.0 Å². The van der Waals surface area contributed by atoms with Gasteiger partial charge in [-0.05, 0) is 24.6 Å². The SMILES string of the molecule is O=c1c2c(-c3ccc(Cl)cc3)n3ncnc3nc2ccn1CCCN1CCOCC1. The van der Waals surface area contributed by atoms with Crippen LogP contribution in [0.5, 0.6) is 0 Å². The van der Waals surface area contributed by atoms with Crippen molar-refractivity contribution < 1.29 is 4.74 Å². The predicted molar refractivity (Wildman–Crippen MR) is 115 cm³/mol. The van der Waals surface area contributed by atoms with Gasteiger partial charge in [-0.15, -0.1) is 0 Å². The largest absolute Gasteiger partial charge is 0.379 e. The molecule has 0 radical (unpaired) electrons. The van der Waals surface area contributed by atoms with Crippen molar-refractivity contribution in [3.05, 3.63) is 58.2 Å². The molecule has 0 saturated carbocycles. The molecule has 5 rings (SSSR count). The van der Waals surface area contributed by atoms with Crippen LogP contribution in [0, 0.1) is 0 Å². The van der Waals surface area contributed by atoms with Crippen molar-refractivity contribution in [2.75, 3.05) is 32.8 Å². The summed E-state index contributed by atoms with van der Waals surface area (Å²) in [6.07, 6.45) is 4.15. The van der Waals surface area contributed by atoms with Gasteiger partial charge in [0.15, 0.2) is 0 Å². The van der Waals surface area contributed by atoms with Crippen LogP contribution in [-0.2, 0) is 11.3 Å². The summed E-state index contributed by atoms with van der Waals surface area (Å²) < 4.78 is 8.77. The summed E-state index contributed by atoms with van der Waals surface area (Å²) in [5.41, 5.74) is 2.04. The summed E-state index contributed by atoms with van der Waals surface area (Å²) in [5, 5.41) is 5.47. The minimum Gasteiger partial charge on any atom is -0.379 e. The van der Waals surface area contributed by atoms with Gasteiger partial charge in [-0.3, -0.25) is 9.69 Å². The van der Waals surface area contributed by atoms with E-state index in [0.29, 0.717) is 33.9 Å². The van der Waals surface area contributed by atoms with Crippen LogP contribution in [0.1, 0.15) is 6.42 Å². The van der Waals surface area contributed by atoms with Crippen molar-refractivity contribution in [3.8, 4) is 11.3 Å². The van der Waals surface area contributed by atoms with E-state index < -0.39 is 0 Å². The first kappa shape index (κ1) is 19.2. The van der Waals surface area contributed by atoms with Crippen LogP contribution in [0.25, 0.3) is 27.9 Å². The molecule has 4 heterocycles. The third-order valence-electron chi connectivity index (χ3n) is 5.44. The molecule has 0 spiro atoms. The lowest BCUT2D eigenvalue weighted by Gasteiger charge is -2.26. The molecule has 0 amide bonds. The first-order valence-electron chi connectivity index (χ1n) is 9.99. The number of nitrogens with zero attached hydrogens (tertiary/aromatic N) is 6. The summed E-state index contributed by atoms with van der Waals surface area (Å²) >= 11 is 6.07. The number of ether oxygens (including phenoxy) is 1. The fourth-order valence-corrected chi connectivity index (χ4v) is 4.03. The molecule has 1 saturated heterocycles. The second kappa shape index (κ2) is 8.14. The molecule has 154 valence electrons. The number of halogens is 1. The Morgan fingerprint density at radius 1 is 1.07 bits per heavy atom. The highest BCUT2D eigenvalue weighted by atomic mass is 35.5. The van der Waals surface area contributed by atoms with Gasteiger partial charge in [0.25, 0.3) is 11.3 Å². The topological polar surface area (TPSA) is 77.6 Å². The van der Waals surface area contributed by atoms with Crippen molar-refractivity contribution in [1.82, 2.24) is 29.0 Å². The Bertz CT molecular complexity index is 1240. The van der Waals surface area contributed by atoms with E-state index in [1.165, 1.54) is 6.33 Å². The van der Waals surface area contributed by atoms with E-state index >= 15 is 0 Å². The fourth-order valence-electron chi connectivity index (χ4n) is 3.90. The van der Waals surface area contributed by atoms with Crippen molar-refractivity contribution in [3.63, 3.8) is 0 Å². The normalized spacial score (nSPS) is 15.2. The molecule has 30 heavy (non-hydrogen) atoms. The van der Waals surface area contributed by atoms with Crippen molar-refractivity contribution in [1.29, 1.82) is 0 Å². The summed E-state index contributed by atoms with van der Waals surface area (Å²) in [6, 6.07) is 9.24. The number of benzene rings is 1. The molecule has 0 bridgehead atoms. The summed E-state index contributed by atoms with van der Waals surface area (Å²) in [4.78, 5) is 24.6. The zero-order valence-corrected chi connectivity index (χ0v) is 17.1. The maximum absolute atomic E-state index is 13.4. The highest BCUT2D eigenvalue weighted by molar-refractivity contribution is 6.30. The van der Waals surface area contributed by atoms with Crippen LogP contribution in [0.4, 0.5) is 0 Å². The number of morpholine rings is 1. The Morgan fingerprint density at radius 2 is 1.87 bits per heavy atom. The zero-order valence-electron chi connectivity index (χ0n) is 16.4. The smallest absolute Gasteiger partial charge is 0.262 e. The molecule has 0 aliphatic carbocycles. The Hall–Kier alpha value is -2.81. The quantitative estimate of drug-likeness (QED) is 0.490. The number of fused-ring (bicyclic) bond motifs is 2. The van der Waals surface area contributed by atoms with Crippen molar-refractivity contribution >= 4 is 28.3 Å². The highest BCUT2D eigenvalue weighted by Gasteiger charge is 2.17. The maximum atomic E-state index is 13.4. The first-order chi connectivity index (χ1) is 14.7. The maximum Gasteiger partial charge on any atom is 0.262 e. The van der Waals surface area contributed by atoms with Crippen LogP contribution >= 0.6 is 11.6 Å². The number of hydrogen-bond donors (Lipinski definition) is 0. The molecule has 9 heteroatoms. The standard InChI is InChI=1S/C21H21ClN6O2/c22-16-4-2-15(3-5-16)19-18-17(25-21-23-14-24-28(19)21)6-9-27(20(18)29)8-1-7-26-10-12-30-13-11-26/h2-6,9,14H,1,7-8,10-13H2. The first-order valence-corrected chi connectivity index (χ1v) is 10.4. The van der Waals surface area contributed by atoms with Crippen molar-refractivity contribution in [2.24, 2.45) is 0 Å². The van der Waals surface area contributed by atoms with E-state index in [-0.39, 0.29) is 5.56 Å². The van der Waals surface area contributed by atoms with Crippen LogP contribution in [0.3, 0.4) is 0 Å². The minimum absolute atomic E-state index is 0.0793. The number of hydrogen-bond acceptors (Lipinski definition) is 6. The second-order valence-corrected chi connectivity index (χ2v) is 7.76. The molecule has 1 aliphatic rings. The predicted octanol–water partition coefficient (Wildman–Crippen LogP) is 2.48. The van der Waals surface area contributed by atoms with Gasteiger partial charge in [-0.2, -0.15) is 14.6 Å². The third-order valence-corrected chi connectivity index (χ3v) is 5.69. The minimum atomic E-state index is -0.0793. The third kappa shape index (κ3) is 3.58. The van der Waals surface area contributed by atoms with Gasteiger partial charge < -0.3 is 9.30 Å². The van der Waals surface area contributed by atoms with Gasteiger partial charge >= 0.3 is 0 Å². The molecular formula is C21H21ClN6O2. The van der Waals surface area contributed by atoms with Crippen molar-refractivity contribution in [2.45, 2.75) is 13.0 Å². The molecule has 0 unspecified atom stereocenters. The molecule has 4 aromatic rings. The van der Waals surface area contributed by atoms with E-state index in [0.717, 1.165) is 44.8 Å². The molecule has 1 fully saturated rings. The number of aryl methyl sites for hydroxylation is 1. The van der Waals surface area contributed by atoms with Crippen LogP contribution in [0.2, 0.25) is 5.02 Å². The monoisotopic (exact) mass is 424 g/mol. The van der Waals surface area contributed by atoms with Crippen LogP contribution in [-0.4, -0.2) is 61.9 Å². The molecule has 0 N–H and O–H groups in total. The molecular weight excluding hydrogens is 404 g/mol. The number of rotatable bonds is 5. The lowest BCUT2D eigenvalue weighted by Crippen LogP contribution is -2.37. The Morgan fingerprint density at radius 3 is 2.67 bits per heavy atom. The lowest BCUT2D eigenvalue weighted by atomic mass is 10.1. The van der Waals surface area contributed by atoms with E-state index in [1.807, 2.05) is 24.4 Å². The molecule has 1 aliphatic heterocycles. The molecule has 3 aromatic heterocycles. The molecule has 0 atom stereocenters. The lowest BCUT2D eigenvalue weighted by molar-refractivity contribution is 0.0369.